The summed E-state index contributed by atoms with van der Waals surface area (Å²) >= 11 is 0. The zero-order valence-electron chi connectivity index (χ0n) is 8.96. The maximum Gasteiger partial charge on any atom is 0.200 e. The topological polar surface area (TPSA) is 49.7 Å². The Morgan fingerprint density at radius 3 is 2.14 bits per heavy atom. The van der Waals surface area contributed by atoms with E-state index in [1.165, 1.54) is 7.11 Å². The number of ether oxygens (including phenoxy) is 1. The van der Waals surface area contributed by atoms with E-state index in [1.54, 1.807) is 12.1 Å². The van der Waals surface area contributed by atoms with Crippen molar-refractivity contribution in [3.63, 3.8) is 0 Å². The standard InChI is InChI=1S/C11H16O3/c1-11(2,3)7-5-8(12)10(13)9(6-7)14-4/h5-6,12-13H,1-4H3. The maximum absolute atomic E-state index is 9.45. The zero-order chi connectivity index (χ0) is 10.9. The first-order valence-corrected chi connectivity index (χ1v) is 4.46. The fourth-order valence-corrected chi connectivity index (χ4v) is 1.18. The highest BCUT2D eigenvalue weighted by Crippen LogP contribution is 2.39. The molecule has 0 atom stereocenters. The second kappa shape index (κ2) is 3.40. The van der Waals surface area contributed by atoms with Gasteiger partial charge in [0.25, 0.3) is 0 Å². The molecule has 0 aliphatic heterocycles. The first-order chi connectivity index (χ1) is 6.36. The van der Waals surface area contributed by atoms with Gasteiger partial charge in [-0.2, -0.15) is 0 Å². The van der Waals surface area contributed by atoms with E-state index in [-0.39, 0.29) is 16.9 Å². The Hall–Kier alpha value is -1.38. The Kier molecular flexibility index (Phi) is 2.60. The predicted octanol–water partition coefficient (Wildman–Crippen LogP) is 2.40. The van der Waals surface area contributed by atoms with Gasteiger partial charge >= 0.3 is 0 Å². The van der Waals surface area contributed by atoms with Crippen LogP contribution in [0.2, 0.25) is 0 Å². The van der Waals surface area contributed by atoms with Crippen LogP contribution in [0.1, 0.15) is 26.3 Å². The minimum absolute atomic E-state index is 0.0849. The first-order valence-electron chi connectivity index (χ1n) is 4.46. The lowest BCUT2D eigenvalue weighted by Gasteiger charge is -2.20. The van der Waals surface area contributed by atoms with E-state index in [4.69, 9.17) is 4.74 Å². The predicted molar refractivity (Wildman–Crippen MR) is 55.0 cm³/mol. The largest absolute Gasteiger partial charge is 0.504 e. The molecule has 2 N–H and O–H groups in total. The van der Waals surface area contributed by atoms with Crippen molar-refractivity contribution in [3.05, 3.63) is 17.7 Å². The van der Waals surface area contributed by atoms with Gasteiger partial charge in [0, 0.05) is 0 Å². The van der Waals surface area contributed by atoms with E-state index in [0.717, 1.165) is 5.56 Å². The lowest BCUT2D eigenvalue weighted by atomic mass is 9.87. The molecule has 0 fully saturated rings. The van der Waals surface area contributed by atoms with Crippen molar-refractivity contribution < 1.29 is 14.9 Å². The van der Waals surface area contributed by atoms with Crippen molar-refractivity contribution in [2.24, 2.45) is 0 Å². The Balaban J connectivity index is 3.30. The van der Waals surface area contributed by atoms with Gasteiger partial charge in [0.15, 0.2) is 11.5 Å². The van der Waals surface area contributed by atoms with Crippen LogP contribution in [0.4, 0.5) is 0 Å². The van der Waals surface area contributed by atoms with Crippen LogP contribution < -0.4 is 4.74 Å². The summed E-state index contributed by atoms with van der Waals surface area (Å²) in [6.45, 7) is 6.08. The molecule has 0 amide bonds. The number of phenols is 2. The van der Waals surface area contributed by atoms with Gasteiger partial charge in [-0.15, -0.1) is 0 Å². The van der Waals surface area contributed by atoms with Gasteiger partial charge in [-0.1, -0.05) is 20.8 Å². The van der Waals surface area contributed by atoms with Crippen LogP contribution in [0.25, 0.3) is 0 Å². The Morgan fingerprint density at radius 1 is 1.14 bits per heavy atom. The first kappa shape index (κ1) is 10.7. The molecular formula is C11H16O3. The lowest BCUT2D eigenvalue weighted by molar-refractivity contribution is 0.348. The van der Waals surface area contributed by atoms with Crippen LogP contribution in [-0.4, -0.2) is 17.3 Å². The number of phenolic OH excluding ortho intramolecular Hbond substituents is 2. The molecule has 14 heavy (non-hydrogen) atoms. The highest BCUT2D eigenvalue weighted by molar-refractivity contribution is 5.53. The van der Waals surface area contributed by atoms with Crippen molar-refractivity contribution in [3.8, 4) is 17.2 Å². The summed E-state index contributed by atoms with van der Waals surface area (Å²) in [5, 5.41) is 18.9. The van der Waals surface area contributed by atoms with E-state index in [0.29, 0.717) is 5.75 Å². The molecule has 3 heteroatoms. The second-order valence-electron chi connectivity index (χ2n) is 4.30. The number of aromatic hydroxyl groups is 2. The molecule has 0 aliphatic rings. The third-order valence-corrected chi connectivity index (χ3v) is 2.14. The average Bonchev–Trinajstić information content (AvgIpc) is 2.07. The molecule has 0 bridgehead atoms. The quantitative estimate of drug-likeness (QED) is 0.678. The van der Waals surface area contributed by atoms with Crippen LogP contribution >= 0.6 is 0 Å². The van der Waals surface area contributed by atoms with Crippen molar-refractivity contribution in [2.45, 2.75) is 26.2 Å². The van der Waals surface area contributed by atoms with Gasteiger partial charge < -0.3 is 14.9 Å². The molecule has 78 valence electrons. The smallest absolute Gasteiger partial charge is 0.200 e. The minimum atomic E-state index is -0.208. The maximum atomic E-state index is 9.45. The molecule has 3 nitrogen and oxygen atoms in total. The molecule has 1 rings (SSSR count). The molecule has 0 spiro atoms. The van der Waals surface area contributed by atoms with Gasteiger partial charge in [-0.05, 0) is 23.1 Å². The molecular weight excluding hydrogens is 180 g/mol. The summed E-state index contributed by atoms with van der Waals surface area (Å²) in [5.74, 6) is -0.0512. The van der Waals surface area contributed by atoms with E-state index in [9.17, 15) is 10.2 Å². The normalized spacial score (nSPS) is 11.4. The summed E-state index contributed by atoms with van der Waals surface area (Å²) in [5.41, 5.74) is 0.836. The number of rotatable bonds is 1. The van der Waals surface area contributed by atoms with Gasteiger partial charge in [-0.25, -0.2) is 0 Å². The summed E-state index contributed by atoms with van der Waals surface area (Å²) in [4.78, 5) is 0. The molecule has 0 aromatic heterocycles. The van der Waals surface area contributed by atoms with Gasteiger partial charge in [-0.3, -0.25) is 0 Å². The molecule has 1 aromatic carbocycles. The van der Waals surface area contributed by atoms with Crippen molar-refractivity contribution in [2.75, 3.05) is 7.11 Å². The van der Waals surface area contributed by atoms with Crippen molar-refractivity contribution >= 4 is 0 Å². The van der Waals surface area contributed by atoms with Crippen LogP contribution in [-0.2, 0) is 5.41 Å². The summed E-state index contributed by atoms with van der Waals surface area (Å²) in [7, 11) is 1.46. The molecule has 0 saturated heterocycles. The fraction of sp³-hybridized carbons (Fsp3) is 0.455. The molecule has 0 heterocycles. The van der Waals surface area contributed by atoms with Crippen LogP contribution in [0, 0.1) is 0 Å². The van der Waals surface area contributed by atoms with E-state index in [1.807, 2.05) is 20.8 Å². The number of methoxy groups -OCH3 is 1. The summed E-state index contributed by atoms with van der Waals surface area (Å²) in [6.07, 6.45) is 0. The number of hydrogen-bond donors (Lipinski definition) is 2. The van der Waals surface area contributed by atoms with Gasteiger partial charge in [0.1, 0.15) is 0 Å². The SMILES string of the molecule is COc1cc(C(C)(C)C)cc(O)c1O. The third kappa shape index (κ3) is 1.92. The average molecular weight is 196 g/mol. The van der Waals surface area contributed by atoms with E-state index < -0.39 is 0 Å². The van der Waals surface area contributed by atoms with Crippen molar-refractivity contribution in [1.82, 2.24) is 0 Å². The highest BCUT2D eigenvalue weighted by atomic mass is 16.5. The van der Waals surface area contributed by atoms with Crippen LogP contribution in [0.15, 0.2) is 12.1 Å². The monoisotopic (exact) mass is 196 g/mol. The van der Waals surface area contributed by atoms with Crippen LogP contribution in [0.5, 0.6) is 17.2 Å². The zero-order valence-corrected chi connectivity index (χ0v) is 8.96. The highest BCUT2D eigenvalue weighted by Gasteiger charge is 2.18. The molecule has 0 unspecified atom stereocenters. The van der Waals surface area contributed by atoms with Crippen molar-refractivity contribution in [1.29, 1.82) is 0 Å². The molecule has 1 aromatic rings. The fourth-order valence-electron chi connectivity index (χ4n) is 1.18. The third-order valence-electron chi connectivity index (χ3n) is 2.14. The second-order valence-corrected chi connectivity index (χ2v) is 4.30. The Bertz CT molecular complexity index is 337. The molecule has 0 aliphatic carbocycles. The van der Waals surface area contributed by atoms with Gasteiger partial charge in [0.05, 0.1) is 7.11 Å². The number of hydrogen-bond acceptors (Lipinski definition) is 3. The number of benzene rings is 1. The molecule has 0 radical (unpaired) electrons. The van der Waals surface area contributed by atoms with Gasteiger partial charge in [0.2, 0.25) is 5.75 Å². The lowest BCUT2D eigenvalue weighted by Crippen LogP contribution is -2.10. The Labute approximate surface area is 84.0 Å². The molecule has 0 saturated carbocycles. The van der Waals surface area contributed by atoms with E-state index in [2.05, 4.69) is 0 Å². The minimum Gasteiger partial charge on any atom is -0.504 e. The summed E-state index contributed by atoms with van der Waals surface area (Å²) < 4.78 is 4.95. The van der Waals surface area contributed by atoms with E-state index >= 15 is 0 Å². The summed E-state index contributed by atoms with van der Waals surface area (Å²) in [6, 6.07) is 3.28. The Morgan fingerprint density at radius 2 is 1.71 bits per heavy atom. The van der Waals surface area contributed by atoms with Crippen LogP contribution in [0.3, 0.4) is 0 Å².